The summed E-state index contributed by atoms with van der Waals surface area (Å²) < 4.78 is 1.01. The van der Waals surface area contributed by atoms with E-state index >= 15 is 0 Å². The van der Waals surface area contributed by atoms with Gasteiger partial charge in [-0.2, -0.15) is 0 Å². The predicted octanol–water partition coefficient (Wildman–Crippen LogP) is 2.81. The Hall–Kier alpha value is -0.670. The number of hydrogen-bond acceptors (Lipinski definition) is 2. The molecular formula is C10H18BrNO. The summed E-state index contributed by atoms with van der Waals surface area (Å²) in [5.74, 6) is 0. The molecule has 76 valence electrons. The second-order valence-electron chi connectivity index (χ2n) is 1.52. The van der Waals surface area contributed by atoms with Gasteiger partial charge in [0, 0.05) is 4.48 Å². The zero-order valence-electron chi connectivity index (χ0n) is 8.46. The topological polar surface area (TPSA) is 43.1 Å². The van der Waals surface area contributed by atoms with E-state index in [0.717, 1.165) is 10.8 Å². The summed E-state index contributed by atoms with van der Waals surface area (Å²) in [5.41, 5.74) is 4.50. The van der Waals surface area contributed by atoms with Crippen LogP contribution in [0.2, 0.25) is 0 Å². The van der Waals surface area contributed by atoms with Gasteiger partial charge in [-0.15, -0.1) is 0 Å². The fraction of sp³-hybridized carbons (Fsp3) is 0.300. The fourth-order valence-corrected chi connectivity index (χ4v) is 0.409. The molecule has 0 amide bonds. The largest absolute Gasteiger partial charge is 0.333 e. The highest BCUT2D eigenvalue weighted by atomic mass is 79.9. The Balaban J connectivity index is -0.000000169. The number of carbonyl (C=O) groups excluding carboxylic acids is 1. The van der Waals surface area contributed by atoms with Gasteiger partial charge in [0.1, 0.15) is 6.29 Å². The third kappa shape index (κ3) is 34.7. The van der Waals surface area contributed by atoms with Crippen molar-refractivity contribution in [2.24, 2.45) is 5.73 Å². The van der Waals surface area contributed by atoms with Crippen molar-refractivity contribution in [3.05, 3.63) is 35.4 Å². The van der Waals surface area contributed by atoms with Crippen LogP contribution in [-0.2, 0) is 4.79 Å². The number of aldehydes is 1. The van der Waals surface area contributed by atoms with Gasteiger partial charge >= 0.3 is 0 Å². The third-order valence-corrected chi connectivity index (χ3v) is 1.23. The van der Waals surface area contributed by atoms with Crippen LogP contribution >= 0.6 is 15.9 Å². The minimum Gasteiger partial charge on any atom is -0.333 e. The van der Waals surface area contributed by atoms with E-state index in [2.05, 4.69) is 28.2 Å². The minimum absolute atomic E-state index is 0.750. The molecule has 0 bridgehead atoms. The van der Waals surface area contributed by atoms with E-state index in [9.17, 15) is 0 Å². The van der Waals surface area contributed by atoms with Crippen molar-refractivity contribution < 1.29 is 4.79 Å². The molecule has 0 atom stereocenters. The highest BCUT2D eigenvalue weighted by Crippen LogP contribution is 2.03. The number of allylic oxidation sites excluding steroid dienone is 5. The summed E-state index contributed by atoms with van der Waals surface area (Å²) in [6, 6.07) is 0. The van der Waals surface area contributed by atoms with Gasteiger partial charge in [-0.05, 0) is 27.0 Å². The van der Waals surface area contributed by atoms with Crippen molar-refractivity contribution in [1.82, 2.24) is 0 Å². The minimum atomic E-state index is 0.750. The van der Waals surface area contributed by atoms with E-state index < -0.39 is 0 Å². The molecule has 0 radical (unpaired) electrons. The SMILES string of the molecule is C=C/C(Br)=C\C=C/C.CC=O.CN. The Kier molecular flexibility index (Phi) is 31.5. The van der Waals surface area contributed by atoms with E-state index in [1.807, 2.05) is 25.2 Å². The molecule has 0 saturated carbocycles. The molecule has 0 fully saturated rings. The first kappa shape index (κ1) is 18.2. The van der Waals surface area contributed by atoms with Crippen molar-refractivity contribution in [2.75, 3.05) is 7.05 Å². The van der Waals surface area contributed by atoms with Crippen LogP contribution in [0.4, 0.5) is 0 Å². The molecule has 0 aromatic heterocycles. The molecule has 0 rings (SSSR count). The fourth-order valence-electron chi connectivity index (χ4n) is 0.256. The lowest BCUT2D eigenvalue weighted by Gasteiger charge is -1.78. The number of hydrogen-bond donors (Lipinski definition) is 1. The molecule has 2 nitrogen and oxygen atoms in total. The molecule has 0 heterocycles. The normalized spacial score (nSPS) is 9.15. The molecule has 0 spiro atoms. The Morgan fingerprint density at radius 3 is 2.00 bits per heavy atom. The van der Waals surface area contributed by atoms with Crippen molar-refractivity contribution in [3.8, 4) is 0 Å². The van der Waals surface area contributed by atoms with Gasteiger partial charge in [-0.3, -0.25) is 0 Å². The van der Waals surface area contributed by atoms with Crippen LogP contribution in [0.25, 0.3) is 0 Å². The van der Waals surface area contributed by atoms with Crippen molar-refractivity contribution >= 4 is 22.2 Å². The van der Waals surface area contributed by atoms with Crippen LogP contribution in [0.15, 0.2) is 35.4 Å². The molecule has 2 N–H and O–H groups in total. The molecule has 0 aromatic carbocycles. The molecule has 0 aliphatic rings. The van der Waals surface area contributed by atoms with Gasteiger partial charge in [0.25, 0.3) is 0 Å². The highest BCUT2D eigenvalue weighted by molar-refractivity contribution is 9.11. The van der Waals surface area contributed by atoms with Gasteiger partial charge in [0.2, 0.25) is 0 Å². The van der Waals surface area contributed by atoms with Gasteiger partial charge < -0.3 is 10.5 Å². The summed E-state index contributed by atoms with van der Waals surface area (Å²) in [6.07, 6.45) is 8.35. The number of nitrogens with two attached hydrogens (primary N) is 1. The Labute approximate surface area is 89.3 Å². The smallest absolute Gasteiger partial charge is 0.116 e. The van der Waals surface area contributed by atoms with Gasteiger partial charge in [-0.25, -0.2) is 0 Å². The van der Waals surface area contributed by atoms with Crippen molar-refractivity contribution in [1.29, 1.82) is 0 Å². The third-order valence-electron chi connectivity index (χ3n) is 0.643. The van der Waals surface area contributed by atoms with Crippen LogP contribution in [0, 0.1) is 0 Å². The monoisotopic (exact) mass is 247 g/mol. The zero-order valence-corrected chi connectivity index (χ0v) is 10.0. The van der Waals surface area contributed by atoms with Crippen LogP contribution in [0.1, 0.15) is 13.8 Å². The predicted molar refractivity (Wildman–Crippen MR) is 63.9 cm³/mol. The van der Waals surface area contributed by atoms with E-state index in [1.54, 1.807) is 6.08 Å². The highest BCUT2D eigenvalue weighted by Gasteiger charge is 1.73. The number of carbonyl (C=O) groups is 1. The quantitative estimate of drug-likeness (QED) is 0.603. The van der Waals surface area contributed by atoms with E-state index in [0.29, 0.717) is 0 Å². The Morgan fingerprint density at radius 2 is 1.77 bits per heavy atom. The second-order valence-corrected chi connectivity index (χ2v) is 2.43. The zero-order chi connectivity index (χ0) is 11.1. The van der Waals surface area contributed by atoms with Gasteiger partial charge in [0.15, 0.2) is 0 Å². The lowest BCUT2D eigenvalue weighted by atomic mass is 10.4. The lowest BCUT2D eigenvalue weighted by Crippen LogP contribution is -1.69. The first-order valence-electron chi connectivity index (χ1n) is 3.81. The van der Waals surface area contributed by atoms with Crippen molar-refractivity contribution in [2.45, 2.75) is 13.8 Å². The van der Waals surface area contributed by atoms with Crippen LogP contribution in [-0.4, -0.2) is 13.3 Å². The van der Waals surface area contributed by atoms with Crippen LogP contribution < -0.4 is 5.73 Å². The average molecular weight is 248 g/mol. The number of halogens is 1. The van der Waals surface area contributed by atoms with Gasteiger partial charge in [-0.1, -0.05) is 40.7 Å². The standard InChI is InChI=1S/C7H9Br.C2H4O.CH5N/c1-3-5-6-7(8)4-2;1-2-3;1-2/h3-6H,2H2,1H3;2H,1H3;2H2,1H3/b5-3-,7-6+;;. The summed E-state index contributed by atoms with van der Waals surface area (Å²) in [4.78, 5) is 8.81. The molecule has 0 saturated heterocycles. The molecule has 13 heavy (non-hydrogen) atoms. The molecule has 3 heteroatoms. The van der Waals surface area contributed by atoms with Crippen molar-refractivity contribution in [3.63, 3.8) is 0 Å². The first-order valence-corrected chi connectivity index (χ1v) is 4.60. The molecule has 0 aliphatic carbocycles. The van der Waals surface area contributed by atoms with Crippen LogP contribution in [0.3, 0.4) is 0 Å². The van der Waals surface area contributed by atoms with E-state index in [1.165, 1.54) is 14.0 Å². The molecule has 0 aromatic rings. The molecule has 0 unspecified atom stereocenters. The second kappa shape index (κ2) is 22.5. The first-order chi connectivity index (χ1) is 6.22. The lowest BCUT2D eigenvalue weighted by molar-refractivity contribution is -0.106. The summed E-state index contributed by atoms with van der Waals surface area (Å²) in [7, 11) is 1.50. The van der Waals surface area contributed by atoms with Crippen LogP contribution in [0.5, 0.6) is 0 Å². The Morgan fingerprint density at radius 1 is 1.38 bits per heavy atom. The molecular weight excluding hydrogens is 230 g/mol. The van der Waals surface area contributed by atoms with E-state index in [4.69, 9.17) is 4.79 Å². The number of rotatable bonds is 2. The maximum absolute atomic E-state index is 8.81. The molecule has 0 aliphatic heterocycles. The summed E-state index contributed by atoms with van der Waals surface area (Å²) in [5, 5.41) is 0. The maximum Gasteiger partial charge on any atom is 0.116 e. The van der Waals surface area contributed by atoms with E-state index in [-0.39, 0.29) is 0 Å². The van der Waals surface area contributed by atoms with Gasteiger partial charge in [0.05, 0.1) is 0 Å². The average Bonchev–Trinajstić information content (AvgIpc) is 2.18. The summed E-state index contributed by atoms with van der Waals surface area (Å²) >= 11 is 3.27. The summed E-state index contributed by atoms with van der Waals surface area (Å²) in [6.45, 7) is 6.98. The Bertz CT molecular complexity index is 162. The maximum atomic E-state index is 8.81.